The smallest absolute Gasteiger partial charge is 0.254 e. The molecule has 7 rings (SSSR count). The topological polar surface area (TPSA) is 165 Å². The SMILES string of the molecule is COCCOCCOCCOc1cc2c(cc1OCCOCCOCCOC)[n+](Cc1ccccc1)c(C)n2Cc1ccccc1Cn1c(C)[n+](Cc2ccccc2)c2cc(OCCOCCOCCOC)c(OCCOCCOCCOC)cc21. The van der Waals surface area contributed by atoms with E-state index >= 15 is 0 Å². The number of hydrogen-bond acceptors (Lipinski definition) is 16. The van der Waals surface area contributed by atoms with Gasteiger partial charge in [0, 0.05) is 77.7 Å². The van der Waals surface area contributed by atoms with Gasteiger partial charge in [0.25, 0.3) is 11.6 Å². The van der Waals surface area contributed by atoms with Gasteiger partial charge in [0.15, 0.2) is 45.1 Å². The van der Waals surface area contributed by atoms with Crippen molar-refractivity contribution in [2.45, 2.75) is 40.0 Å². The lowest BCUT2D eigenvalue weighted by atomic mass is 10.1. The average molecular weight is 1200 g/mol. The number of benzene rings is 5. The van der Waals surface area contributed by atoms with E-state index in [0.29, 0.717) is 208 Å². The van der Waals surface area contributed by atoms with Crippen molar-refractivity contribution in [3.63, 3.8) is 0 Å². The Bertz CT molecular complexity index is 2780. The quantitative estimate of drug-likeness (QED) is 0.0277. The molecular weight excluding hydrogens is 1100 g/mol. The lowest BCUT2D eigenvalue weighted by molar-refractivity contribution is -0.669. The van der Waals surface area contributed by atoms with Crippen molar-refractivity contribution in [3.8, 4) is 23.0 Å². The highest BCUT2D eigenvalue weighted by molar-refractivity contribution is 5.79. The molecule has 86 heavy (non-hydrogen) atoms. The standard InChI is InChI=1S/C66H92N4O16/c1-53-67(49-55-15-9-7-10-16-55)59-45-63(83-41-37-79-33-29-75-25-21-71-3)65(85-43-39-81-35-31-77-27-23-73-5)47-61(59)69(53)51-57-19-13-14-20-58(57)52-70-54(2)68(50-56-17-11-8-12-18-56)60-46-64(84-42-38-80-34-30-76-26-22-72-4)66(48-62(60)70)86-44-40-82-36-32-78-28-24-74-6/h7-20,45-48H,21-44,49-52H2,1-6H3/q+2. The maximum absolute atomic E-state index is 6.57. The first-order valence-corrected chi connectivity index (χ1v) is 29.8. The molecule has 0 bridgehead atoms. The third-order valence-electron chi connectivity index (χ3n) is 14.1. The lowest BCUT2D eigenvalue weighted by Gasteiger charge is -2.14. The molecule has 0 aliphatic heterocycles. The van der Waals surface area contributed by atoms with E-state index in [0.717, 1.165) is 44.8 Å². The van der Waals surface area contributed by atoms with Crippen LogP contribution in [0, 0.1) is 13.8 Å². The van der Waals surface area contributed by atoms with Crippen LogP contribution in [0.25, 0.3) is 22.1 Å². The van der Waals surface area contributed by atoms with Crippen LogP contribution >= 0.6 is 0 Å². The lowest BCUT2D eigenvalue weighted by Crippen LogP contribution is -2.37. The minimum atomic E-state index is 0.301. The van der Waals surface area contributed by atoms with Crippen molar-refractivity contribution in [3.05, 3.63) is 143 Å². The molecule has 0 amide bonds. The molecule has 0 spiro atoms. The van der Waals surface area contributed by atoms with Gasteiger partial charge < -0.3 is 75.8 Å². The minimum absolute atomic E-state index is 0.301. The maximum Gasteiger partial charge on any atom is 0.254 e. The molecule has 0 atom stereocenters. The van der Waals surface area contributed by atoms with Crippen molar-refractivity contribution >= 4 is 22.1 Å². The van der Waals surface area contributed by atoms with Crippen LogP contribution < -0.4 is 28.1 Å². The summed E-state index contributed by atoms with van der Waals surface area (Å²) in [5.74, 6) is 4.56. The zero-order chi connectivity index (χ0) is 60.2. The number of nitrogens with zero attached hydrogens (tertiary/aromatic N) is 4. The van der Waals surface area contributed by atoms with Crippen molar-refractivity contribution in [1.82, 2.24) is 9.13 Å². The second kappa shape index (κ2) is 39.5. The second-order valence-electron chi connectivity index (χ2n) is 20.0. The molecule has 7 aromatic rings. The van der Waals surface area contributed by atoms with E-state index in [9.17, 15) is 0 Å². The maximum atomic E-state index is 6.57. The fraction of sp³-hybridized carbons (Fsp3) is 0.515. The Kier molecular flexibility index (Phi) is 30.9. The molecule has 0 saturated heterocycles. The Morgan fingerprint density at radius 2 is 0.558 bits per heavy atom. The fourth-order valence-corrected chi connectivity index (χ4v) is 9.62. The molecule has 2 aromatic heterocycles. The number of methoxy groups -OCH3 is 4. The molecule has 470 valence electrons. The van der Waals surface area contributed by atoms with Crippen LogP contribution in [0.3, 0.4) is 0 Å². The number of imidazole rings is 2. The van der Waals surface area contributed by atoms with E-state index in [1.165, 1.54) is 11.1 Å². The largest absolute Gasteiger partial charge is 0.487 e. The highest BCUT2D eigenvalue weighted by Crippen LogP contribution is 2.35. The Hall–Kier alpha value is -6.24. The number of aromatic nitrogens is 4. The van der Waals surface area contributed by atoms with Gasteiger partial charge in [-0.15, -0.1) is 0 Å². The summed E-state index contributed by atoms with van der Waals surface area (Å²) in [5.41, 5.74) is 8.66. The van der Waals surface area contributed by atoms with Crippen LogP contribution in [0.2, 0.25) is 0 Å². The number of rotatable bonds is 48. The van der Waals surface area contributed by atoms with E-state index in [2.05, 4.69) is 129 Å². The molecule has 5 aromatic carbocycles. The first-order valence-electron chi connectivity index (χ1n) is 29.8. The van der Waals surface area contributed by atoms with Crippen LogP contribution in [0.5, 0.6) is 23.0 Å². The summed E-state index contributed by atoms with van der Waals surface area (Å²) in [7, 11) is 6.62. The highest BCUT2D eigenvalue weighted by Gasteiger charge is 2.29. The van der Waals surface area contributed by atoms with E-state index in [4.69, 9.17) is 75.8 Å². The summed E-state index contributed by atoms with van der Waals surface area (Å²) in [4.78, 5) is 0. The molecule has 0 aliphatic rings. The zero-order valence-corrected chi connectivity index (χ0v) is 51.5. The first-order chi connectivity index (χ1) is 42.4. The van der Waals surface area contributed by atoms with Crippen LogP contribution in [-0.4, -0.2) is 196 Å². The summed E-state index contributed by atoms with van der Waals surface area (Å²) in [5, 5.41) is 0. The predicted octanol–water partition coefficient (Wildman–Crippen LogP) is 7.21. The van der Waals surface area contributed by atoms with Gasteiger partial charge >= 0.3 is 0 Å². The highest BCUT2D eigenvalue weighted by atomic mass is 16.6. The fourth-order valence-electron chi connectivity index (χ4n) is 9.62. The van der Waals surface area contributed by atoms with Crippen LogP contribution in [-0.2, 0) is 83.0 Å². The van der Waals surface area contributed by atoms with Crippen LogP contribution in [0.4, 0.5) is 0 Å². The number of fused-ring (bicyclic) bond motifs is 2. The molecule has 0 unspecified atom stereocenters. The third kappa shape index (κ3) is 21.9. The zero-order valence-electron chi connectivity index (χ0n) is 51.5. The summed E-state index contributed by atoms with van der Waals surface area (Å²) < 4.78 is 102. The second-order valence-corrected chi connectivity index (χ2v) is 20.0. The molecule has 0 aliphatic carbocycles. The normalized spacial score (nSPS) is 11.6. The van der Waals surface area contributed by atoms with E-state index in [-0.39, 0.29) is 0 Å². The molecule has 20 heteroatoms. The summed E-state index contributed by atoms with van der Waals surface area (Å²) in [6.07, 6.45) is 0. The Labute approximate surface area is 507 Å². The first kappa shape index (κ1) is 67.3. The van der Waals surface area contributed by atoms with Gasteiger partial charge in [-0.2, -0.15) is 0 Å². The predicted molar refractivity (Wildman–Crippen MR) is 326 cm³/mol. The van der Waals surface area contributed by atoms with E-state index in [1.807, 2.05) is 12.1 Å². The molecule has 0 radical (unpaired) electrons. The van der Waals surface area contributed by atoms with Crippen molar-refractivity contribution in [2.75, 3.05) is 187 Å². The van der Waals surface area contributed by atoms with E-state index in [1.54, 1.807) is 28.4 Å². The van der Waals surface area contributed by atoms with Crippen LogP contribution in [0.15, 0.2) is 109 Å². The van der Waals surface area contributed by atoms with Crippen molar-refractivity contribution < 1.29 is 84.9 Å². The number of ether oxygens (including phenoxy) is 16. The van der Waals surface area contributed by atoms with Gasteiger partial charge in [-0.05, 0) is 11.1 Å². The summed E-state index contributed by atoms with van der Waals surface area (Å²) in [6.45, 7) is 17.3. The Balaban J connectivity index is 1.21. The van der Waals surface area contributed by atoms with Crippen LogP contribution in [0.1, 0.15) is 33.9 Å². The minimum Gasteiger partial charge on any atom is -0.487 e. The molecular formula is C66H92N4O16+2. The van der Waals surface area contributed by atoms with Gasteiger partial charge in [-0.1, -0.05) is 84.9 Å². The van der Waals surface area contributed by atoms with Crippen molar-refractivity contribution in [1.29, 1.82) is 0 Å². The molecule has 20 nitrogen and oxygen atoms in total. The van der Waals surface area contributed by atoms with Crippen molar-refractivity contribution in [2.24, 2.45) is 0 Å². The molecule has 2 heterocycles. The molecule has 0 N–H and O–H groups in total. The molecule has 0 saturated carbocycles. The molecule has 0 fully saturated rings. The Morgan fingerprint density at radius 3 is 0.849 bits per heavy atom. The van der Waals surface area contributed by atoms with Gasteiger partial charge in [-0.25, -0.2) is 18.3 Å². The number of hydrogen-bond donors (Lipinski definition) is 0. The van der Waals surface area contributed by atoms with Gasteiger partial charge in [0.1, 0.15) is 52.6 Å². The van der Waals surface area contributed by atoms with E-state index < -0.39 is 0 Å². The summed E-state index contributed by atoms with van der Waals surface area (Å²) >= 11 is 0. The van der Waals surface area contributed by atoms with Gasteiger partial charge in [0.2, 0.25) is 0 Å². The summed E-state index contributed by atoms with van der Waals surface area (Å²) in [6, 6.07) is 38.1. The Morgan fingerprint density at radius 1 is 0.302 bits per heavy atom. The van der Waals surface area contributed by atoms with Gasteiger partial charge in [-0.3, -0.25) is 0 Å². The average Bonchev–Trinajstić information content (AvgIpc) is 2.99. The van der Waals surface area contributed by atoms with Gasteiger partial charge in [0.05, 0.1) is 132 Å². The third-order valence-corrected chi connectivity index (χ3v) is 14.1. The monoisotopic (exact) mass is 1200 g/mol.